The molecule has 1 unspecified atom stereocenters. The van der Waals surface area contributed by atoms with Crippen LogP contribution >= 0.6 is 12.4 Å². The van der Waals surface area contributed by atoms with Gasteiger partial charge in [-0.2, -0.15) is 0 Å². The maximum Gasteiger partial charge on any atom is 0.240 e. The second-order valence-electron chi connectivity index (χ2n) is 5.59. The Morgan fingerprint density at radius 3 is 2.76 bits per heavy atom. The summed E-state index contributed by atoms with van der Waals surface area (Å²) in [5.41, 5.74) is 0.960. The van der Waals surface area contributed by atoms with Crippen LogP contribution in [0.3, 0.4) is 0 Å². The van der Waals surface area contributed by atoms with Crippen LogP contribution in [0.4, 0.5) is 5.69 Å². The van der Waals surface area contributed by atoms with Crippen LogP contribution in [0.5, 0.6) is 0 Å². The molecule has 0 aliphatic carbocycles. The van der Waals surface area contributed by atoms with Gasteiger partial charge in [-0.25, -0.2) is 0 Å². The lowest BCUT2D eigenvalue weighted by molar-refractivity contribution is -0.119. The van der Waals surface area contributed by atoms with Crippen LogP contribution in [0.15, 0.2) is 30.3 Å². The Morgan fingerprint density at radius 2 is 2.10 bits per heavy atom. The van der Waals surface area contributed by atoms with Gasteiger partial charge in [0, 0.05) is 19.3 Å². The largest absolute Gasteiger partial charge is 0.319 e. The highest BCUT2D eigenvalue weighted by atomic mass is 35.5. The van der Waals surface area contributed by atoms with Gasteiger partial charge in [0.2, 0.25) is 5.91 Å². The first kappa shape index (κ1) is 18.0. The number of rotatable bonds is 5. The number of piperidine rings is 1. The van der Waals surface area contributed by atoms with Crippen molar-refractivity contribution >= 4 is 24.0 Å². The van der Waals surface area contributed by atoms with Crippen molar-refractivity contribution in [3.63, 3.8) is 0 Å². The molecule has 1 atom stereocenters. The van der Waals surface area contributed by atoms with Crippen LogP contribution in [0.25, 0.3) is 0 Å². The molecule has 1 amide bonds. The molecule has 0 aromatic heterocycles. The van der Waals surface area contributed by atoms with Crippen LogP contribution in [0.2, 0.25) is 0 Å². The summed E-state index contributed by atoms with van der Waals surface area (Å²) in [7, 11) is 3.85. The zero-order valence-corrected chi connectivity index (χ0v) is 13.7. The minimum Gasteiger partial charge on any atom is -0.319 e. The van der Waals surface area contributed by atoms with Gasteiger partial charge < -0.3 is 10.2 Å². The van der Waals surface area contributed by atoms with Crippen LogP contribution in [-0.2, 0) is 4.79 Å². The predicted molar refractivity (Wildman–Crippen MR) is 90.2 cm³/mol. The fourth-order valence-electron chi connectivity index (χ4n) is 2.84. The minimum atomic E-state index is 0. The molecule has 21 heavy (non-hydrogen) atoms. The second-order valence-corrected chi connectivity index (χ2v) is 5.59. The lowest BCUT2D eigenvalue weighted by Gasteiger charge is -2.33. The molecule has 1 aliphatic rings. The van der Waals surface area contributed by atoms with E-state index in [4.69, 9.17) is 0 Å². The lowest BCUT2D eigenvalue weighted by Crippen LogP contribution is -2.44. The van der Waals surface area contributed by atoms with E-state index in [0.29, 0.717) is 12.5 Å². The van der Waals surface area contributed by atoms with Crippen molar-refractivity contribution in [1.82, 2.24) is 10.2 Å². The molecule has 118 valence electrons. The molecule has 0 spiro atoms. The van der Waals surface area contributed by atoms with E-state index in [-0.39, 0.29) is 18.3 Å². The Kier molecular flexibility index (Phi) is 7.72. The number of likely N-dealkylation sites (tertiary alicyclic amines) is 1. The Hall–Kier alpha value is -1.10. The molecule has 1 N–H and O–H groups in total. The summed E-state index contributed by atoms with van der Waals surface area (Å²) in [6, 6.07) is 9.83. The molecule has 1 aromatic carbocycles. The number of carbonyl (C=O) groups excluding carboxylic acids is 1. The van der Waals surface area contributed by atoms with Crippen molar-refractivity contribution < 1.29 is 4.79 Å². The molecule has 1 aromatic rings. The number of nitrogens with zero attached hydrogens (tertiary/aromatic N) is 2. The third-order valence-corrected chi connectivity index (χ3v) is 3.97. The number of anilines is 1. The first-order chi connectivity index (χ1) is 9.70. The van der Waals surface area contributed by atoms with E-state index >= 15 is 0 Å². The monoisotopic (exact) mass is 311 g/mol. The number of hydrogen-bond acceptors (Lipinski definition) is 3. The van der Waals surface area contributed by atoms with E-state index in [9.17, 15) is 4.79 Å². The van der Waals surface area contributed by atoms with Gasteiger partial charge in [-0.05, 0) is 51.0 Å². The number of benzene rings is 1. The van der Waals surface area contributed by atoms with Crippen molar-refractivity contribution in [3.05, 3.63) is 30.3 Å². The molecular weight excluding hydrogens is 286 g/mol. The van der Waals surface area contributed by atoms with Crippen molar-refractivity contribution in [2.75, 3.05) is 45.2 Å². The lowest BCUT2D eigenvalue weighted by atomic mass is 9.98. The molecule has 1 heterocycles. The number of carbonyl (C=O) groups is 1. The molecule has 0 bridgehead atoms. The topological polar surface area (TPSA) is 35.6 Å². The Morgan fingerprint density at radius 1 is 1.38 bits per heavy atom. The quantitative estimate of drug-likeness (QED) is 0.903. The van der Waals surface area contributed by atoms with Crippen LogP contribution in [-0.4, -0.2) is 51.1 Å². The van der Waals surface area contributed by atoms with Crippen LogP contribution < -0.4 is 10.2 Å². The van der Waals surface area contributed by atoms with Gasteiger partial charge in [0.1, 0.15) is 0 Å². The van der Waals surface area contributed by atoms with Crippen molar-refractivity contribution in [1.29, 1.82) is 0 Å². The van der Waals surface area contributed by atoms with Gasteiger partial charge in [0.05, 0.1) is 6.54 Å². The summed E-state index contributed by atoms with van der Waals surface area (Å²) < 4.78 is 0. The third-order valence-electron chi connectivity index (χ3n) is 3.97. The van der Waals surface area contributed by atoms with E-state index in [1.165, 1.54) is 12.8 Å². The van der Waals surface area contributed by atoms with Gasteiger partial charge in [-0.1, -0.05) is 18.2 Å². The third kappa shape index (κ3) is 5.30. The predicted octanol–water partition coefficient (Wildman–Crippen LogP) is 2.00. The van der Waals surface area contributed by atoms with Gasteiger partial charge >= 0.3 is 0 Å². The highest BCUT2D eigenvalue weighted by Crippen LogP contribution is 2.17. The maximum atomic E-state index is 12.3. The summed E-state index contributed by atoms with van der Waals surface area (Å²) in [5.74, 6) is 0.838. The van der Waals surface area contributed by atoms with Gasteiger partial charge in [-0.15, -0.1) is 12.4 Å². The Labute approximate surface area is 133 Å². The summed E-state index contributed by atoms with van der Waals surface area (Å²) in [4.78, 5) is 16.4. The molecule has 0 saturated carbocycles. The molecule has 5 heteroatoms. The number of halogens is 1. The highest BCUT2D eigenvalue weighted by Gasteiger charge is 2.22. The first-order valence-corrected chi connectivity index (χ1v) is 7.39. The molecule has 1 aliphatic heterocycles. The molecule has 1 fully saturated rings. The smallest absolute Gasteiger partial charge is 0.240 e. The number of likely N-dealkylation sites (N-methyl/N-ethyl adjacent to an activating group) is 1. The molecular formula is C16H26ClN3O. The Balaban J connectivity index is 0.00000220. The fourth-order valence-corrected chi connectivity index (χ4v) is 2.84. The summed E-state index contributed by atoms with van der Waals surface area (Å²) in [5, 5.41) is 3.24. The number of para-hydroxylation sites is 1. The maximum absolute atomic E-state index is 12.3. The number of nitrogens with one attached hydrogen (secondary N) is 1. The summed E-state index contributed by atoms with van der Waals surface area (Å²) in [6.45, 7) is 3.62. The first-order valence-electron chi connectivity index (χ1n) is 7.39. The SMILES string of the molecule is CNCC1CCCN(CC(=O)N(C)c2ccccc2)C1.Cl. The van der Waals surface area contributed by atoms with Crippen molar-refractivity contribution in [2.45, 2.75) is 12.8 Å². The van der Waals surface area contributed by atoms with E-state index in [1.807, 2.05) is 44.4 Å². The van der Waals surface area contributed by atoms with E-state index in [2.05, 4.69) is 10.2 Å². The zero-order valence-electron chi connectivity index (χ0n) is 12.9. The average Bonchev–Trinajstić information content (AvgIpc) is 2.48. The zero-order chi connectivity index (χ0) is 14.4. The van der Waals surface area contributed by atoms with Crippen molar-refractivity contribution in [3.8, 4) is 0 Å². The normalized spacial score (nSPS) is 18.9. The van der Waals surface area contributed by atoms with Gasteiger partial charge in [-0.3, -0.25) is 9.69 Å². The van der Waals surface area contributed by atoms with Gasteiger partial charge in [0.15, 0.2) is 0 Å². The summed E-state index contributed by atoms with van der Waals surface area (Å²) >= 11 is 0. The van der Waals surface area contributed by atoms with Crippen LogP contribution in [0.1, 0.15) is 12.8 Å². The molecule has 0 radical (unpaired) electrons. The molecule has 4 nitrogen and oxygen atoms in total. The Bertz CT molecular complexity index is 425. The standard InChI is InChI=1S/C16H25N3O.ClH/c1-17-11-14-7-6-10-19(12-14)13-16(20)18(2)15-8-4-3-5-9-15;/h3-5,8-9,14,17H,6-7,10-13H2,1-2H3;1H. The highest BCUT2D eigenvalue weighted by molar-refractivity contribution is 5.94. The van der Waals surface area contributed by atoms with E-state index in [1.54, 1.807) is 4.90 Å². The van der Waals surface area contributed by atoms with E-state index < -0.39 is 0 Å². The molecule has 1 saturated heterocycles. The van der Waals surface area contributed by atoms with Crippen LogP contribution in [0, 0.1) is 5.92 Å². The average molecular weight is 312 g/mol. The summed E-state index contributed by atoms with van der Waals surface area (Å²) in [6.07, 6.45) is 2.45. The fraction of sp³-hybridized carbons (Fsp3) is 0.562. The van der Waals surface area contributed by atoms with E-state index in [0.717, 1.165) is 25.3 Å². The number of hydrogen-bond donors (Lipinski definition) is 1. The van der Waals surface area contributed by atoms with Crippen molar-refractivity contribution in [2.24, 2.45) is 5.92 Å². The number of amides is 1. The minimum absolute atomic E-state index is 0. The second kappa shape index (κ2) is 9.03. The van der Waals surface area contributed by atoms with Gasteiger partial charge in [0.25, 0.3) is 0 Å². The molecule has 2 rings (SSSR count).